The first-order chi connectivity index (χ1) is 6.24. The highest BCUT2D eigenvalue weighted by molar-refractivity contribution is 5.19. The molecule has 2 nitrogen and oxygen atoms in total. The third kappa shape index (κ3) is 3.17. The zero-order valence-electron chi connectivity index (χ0n) is 7.98. The van der Waals surface area contributed by atoms with Gasteiger partial charge in [0, 0.05) is 0 Å². The van der Waals surface area contributed by atoms with E-state index in [4.69, 9.17) is 5.73 Å². The maximum atomic E-state index is 9.26. The Bertz CT molecular complexity index is 233. The van der Waals surface area contributed by atoms with Crippen LogP contribution in [0, 0.1) is 0 Å². The molecule has 0 amide bonds. The lowest BCUT2D eigenvalue weighted by Crippen LogP contribution is -2.17. The standard InChI is InChI=1S/C11H17NO/c1-9(13)7-11(8-12)10-5-3-2-4-6-10/h2-6,9,11,13H,7-8,12H2,1H3. The molecule has 3 N–H and O–H groups in total. The molecule has 2 heteroatoms. The number of hydrogen-bond acceptors (Lipinski definition) is 2. The Kier molecular flexibility index (Phi) is 3.93. The summed E-state index contributed by atoms with van der Waals surface area (Å²) in [7, 11) is 0. The lowest BCUT2D eigenvalue weighted by atomic mass is 9.94. The Morgan fingerprint density at radius 3 is 2.38 bits per heavy atom. The average Bonchev–Trinajstić information content (AvgIpc) is 2.15. The van der Waals surface area contributed by atoms with Crippen molar-refractivity contribution >= 4 is 0 Å². The largest absolute Gasteiger partial charge is 0.393 e. The van der Waals surface area contributed by atoms with Gasteiger partial charge in [-0.15, -0.1) is 0 Å². The molecule has 2 atom stereocenters. The van der Waals surface area contributed by atoms with E-state index in [1.165, 1.54) is 5.56 Å². The molecule has 0 aromatic heterocycles. The summed E-state index contributed by atoms with van der Waals surface area (Å²) in [5.41, 5.74) is 6.86. The highest BCUT2D eigenvalue weighted by Crippen LogP contribution is 2.19. The minimum Gasteiger partial charge on any atom is -0.393 e. The lowest BCUT2D eigenvalue weighted by molar-refractivity contribution is 0.175. The summed E-state index contributed by atoms with van der Waals surface area (Å²) in [4.78, 5) is 0. The Labute approximate surface area is 79.4 Å². The SMILES string of the molecule is CC(O)CC(CN)c1ccccc1. The lowest BCUT2D eigenvalue weighted by Gasteiger charge is -2.16. The third-order valence-corrected chi connectivity index (χ3v) is 2.18. The fourth-order valence-corrected chi connectivity index (χ4v) is 1.51. The van der Waals surface area contributed by atoms with Gasteiger partial charge >= 0.3 is 0 Å². The summed E-state index contributed by atoms with van der Waals surface area (Å²) >= 11 is 0. The second kappa shape index (κ2) is 5.00. The van der Waals surface area contributed by atoms with Crippen LogP contribution in [-0.2, 0) is 0 Å². The van der Waals surface area contributed by atoms with Crippen LogP contribution in [0.15, 0.2) is 30.3 Å². The third-order valence-electron chi connectivity index (χ3n) is 2.18. The number of nitrogens with two attached hydrogens (primary N) is 1. The van der Waals surface area contributed by atoms with Crippen LogP contribution in [0.25, 0.3) is 0 Å². The van der Waals surface area contributed by atoms with E-state index in [-0.39, 0.29) is 12.0 Å². The van der Waals surface area contributed by atoms with Crippen LogP contribution in [0.3, 0.4) is 0 Å². The molecule has 1 aromatic carbocycles. The molecule has 0 saturated carbocycles. The zero-order valence-corrected chi connectivity index (χ0v) is 7.98. The van der Waals surface area contributed by atoms with Gasteiger partial charge in [-0.3, -0.25) is 0 Å². The smallest absolute Gasteiger partial charge is 0.0518 e. The second-order valence-electron chi connectivity index (χ2n) is 3.43. The molecule has 72 valence electrons. The summed E-state index contributed by atoms with van der Waals surface area (Å²) in [6, 6.07) is 10.1. The molecule has 0 saturated heterocycles. The van der Waals surface area contributed by atoms with Crippen LogP contribution in [0.1, 0.15) is 24.8 Å². The first-order valence-corrected chi connectivity index (χ1v) is 4.67. The predicted octanol–water partition coefficient (Wildman–Crippen LogP) is 1.50. The van der Waals surface area contributed by atoms with Gasteiger partial charge in [0.05, 0.1) is 6.10 Å². The second-order valence-corrected chi connectivity index (χ2v) is 3.43. The average molecular weight is 179 g/mol. The topological polar surface area (TPSA) is 46.2 Å². The van der Waals surface area contributed by atoms with Gasteiger partial charge in [-0.25, -0.2) is 0 Å². The van der Waals surface area contributed by atoms with E-state index in [0.29, 0.717) is 6.54 Å². The molecule has 1 aromatic rings. The highest BCUT2D eigenvalue weighted by atomic mass is 16.3. The number of hydrogen-bond donors (Lipinski definition) is 2. The minimum absolute atomic E-state index is 0.279. The van der Waals surface area contributed by atoms with Crippen molar-refractivity contribution in [1.82, 2.24) is 0 Å². The Morgan fingerprint density at radius 1 is 1.31 bits per heavy atom. The molecule has 0 aliphatic rings. The van der Waals surface area contributed by atoms with Crippen molar-refractivity contribution in [2.75, 3.05) is 6.54 Å². The van der Waals surface area contributed by atoms with Crippen molar-refractivity contribution in [3.05, 3.63) is 35.9 Å². The van der Waals surface area contributed by atoms with Crippen LogP contribution in [0.5, 0.6) is 0 Å². The summed E-state index contributed by atoms with van der Waals surface area (Å²) in [6.07, 6.45) is 0.453. The van der Waals surface area contributed by atoms with Crippen molar-refractivity contribution in [2.24, 2.45) is 5.73 Å². The van der Waals surface area contributed by atoms with Gasteiger partial charge in [0.2, 0.25) is 0 Å². The fraction of sp³-hybridized carbons (Fsp3) is 0.455. The van der Waals surface area contributed by atoms with E-state index in [1.807, 2.05) is 18.2 Å². The van der Waals surface area contributed by atoms with Gasteiger partial charge in [0.25, 0.3) is 0 Å². The van der Waals surface area contributed by atoms with E-state index < -0.39 is 0 Å². The predicted molar refractivity (Wildman–Crippen MR) is 54.5 cm³/mol. The summed E-state index contributed by atoms with van der Waals surface area (Å²) in [5.74, 6) is 0.279. The van der Waals surface area contributed by atoms with Crippen molar-refractivity contribution in [1.29, 1.82) is 0 Å². The first-order valence-electron chi connectivity index (χ1n) is 4.67. The van der Waals surface area contributed by atoms with Crippen molar-refractivity contribution in [3.8, 4) is 0 Å². The van der Waals surface area contributed by atoms with Crippen molar-refractivity contribution in [2.45, 2.75) is 25.4 Å². The van der Waals surface area contributed by atoms with Crippen molar-refractivity contribution in [3.63, 3.8) is 0 Å². The maximum absolute atomic E-state index is 9.26. The van der Waals surface area contributed by atoms with Crippen LogP contribution >= 0.6 is 0 Å². The van der Waals surface area contributed by atoms with Crippen LogP contribution < -0.4 is 5.73 Å². The van der Waals surface area contributed by atoms with Crippen LogP contribution in [0.4, 0.5) is 0 Å². The van der Waals surface area contributed by atoms with Gasteiger partial charge in [-0.05, 0) is 31.4 Å². The Hall–Kier alpha value is -0.860. The van der Waals surface area contributed by atoms with E-state index in [1.54, 1.807) is 6.92 Å². The molecule has 1 rings (SSSR count). The van der Waals surface area contributed by atoms with Gasteiger partial charge in [0.15, 0.2) is 0 Å². The van der Waals surface area contributed by atoms with Gasteiger partial charge < -0.3 is 10.8 Å². The Morgan fingerprint density at radius 2 is 1.92 bits per heavy atom. The molecular weight excluding hydrogens is 162 g/mol. The monoisotopic (exact) mass is 179 g/mol. The Balaban J connectivity index is 2.67. The molecule has 0 spiro atoms. The van der Waals surface area contributed by atoms with E-state index >= 15 is 0 Å². The molecule has 0 aliphatic carbocycles. The molecular formula is C11H17NO. The quantitative estimate of drug-likeness (QED) is 0.735. The molecule has 0 heterocycles. The number of benzene rings is 1. The highest BCUT2D eigenvalue weighted by Gasteiger charge is 2.11. The van der Waals surface area contributed by atoms with Crippen LogP contribution in [0.2, 0.25) is 0 Å². The number of rotatable bonds is 4. The van der Waals surface area contributed by atoms with Crippen LogP contribution in [-0.4, -0.2) is 17.8 Å². The summed E-state index contributed by atoms with van der Waals surface area (Å²) < 4.78 is 0. The maximum Gasteiger partial charge on any atom is 0.0518 e. The first kappa shape index (κ1) is 10.2. The molecule has 0 radical (unpaired) electrons. The molecule has 2 unspecified atom stereocenters. The number of aliphatic hydroxyl groups excluding tert-OH is 1. The van der Waals surface area contributed by atoms with E-state index in [9.17, 15) is 5.11 Å². The fourth-order valence-electron chi connectivity index (χ4n) is 1.51. The number of aliphatic hydroxyl groups is 1. The van der Waals surface area contributed by atoms with Gasteiger partial charge in [0.1, 0.15) is 0 Å². The summed E-state index contributed by atoms with van der Waals surface area (Å²) in [6.45, 7) is 2.39. The van der Waals surface area contributed by atoms with E-state index in [0.717, 1.165) is 6.42 Å². The normalized spacial score (nSPS) is 15.3. The van der Waals surface area contributed by atoms with Gasteiger partial charge in [-0.1, -0.05) is 30.3 Å². The molecule has 13 heavy (non-hydrogen) atoms. The van der Waals surface area contributed by atoms with Gasteiger partial charge in [-0.2, -0.15) is 0 Å². The minimum atomic E-state index is -0.284. The molecule has 0 aliphatic heterocycles. The summed E-state index contributed by atoms with van der Waals surface area (Å²) in [5, 5.41) is 9.26. The van der Waals surface area contributed by atoms with E-state index in [2.05, 4.69) is 12.1 Å². The van der Waals surface area contributed by atoms with Crippen molar-refractivity contribution < 1.29 is 5.11 Å². The zero-order chi connectivity index (χ0) is 9.68. The molecule has 0 fully saturated rings. The molecule has 0 bridgehead atoms.